The summed E-state index contributed by atoms with van der Waals surface area (Å²) in [5, 5.41) is 16.4. The quantitative estimate of drug-likeness (QED) is 0.316. The third kappa shape index (κ3) is 12.2. The normalized spacial score (nSPS) is 9.04. The molecule has 0 unspecified atom stereocenters. The molecule has 2 aromatic carbocycles. The second-order valence-corrected chi connectivity index (χ2v) is 4.61. The molecule has 0 aliphatic carbocycles. The summed E-state index contributed by atoms with van der Waals surface area (Å²) >= 11 is 0. The van der Waals surface area contributed by atoms with E-state index in [1.807, 2.05) is 0 Å². The minimum atomic E-state index is -5.17. The fraction of sp³-hybridized carbons (Fsp3) is 0. The molecule has 120 valence electrons. The molecule has 0 saturated heterocycles. The van der Waals surface area contributed by atoms with Crippen LogP contribution in [-0.2, 0) is 10.4 Å². The molecule has 0 aliphatic rings. The Bertz CT molecular complexity index is 728. The Hall–Kier alpha value is -3.25. The average molecular weight is 336 g/mol. The summed E-state index contributed by atoms with van der Waals surface area (Å²) in [6.07, 6.45) is 0. The molecule has 2 rings (SSSR count). The molecule has 11 heteroatoms. The summed E-state index contributed by atoms with van der Waals surface area (Å²) < 4.78 is 34.1. The number of nitrogens with zero attached hydrogens (tertiary/aromatic N) is 4. The maximum atomic E-state index is 8.52. The van der Waals surface area contributed by atoms with Crippen LogP contribution in [0.15, 0.2) is 48.5 Å². The summed E-state index contributed by atoms with van der Waals surface area (Å²) in [7, 11) is -5.17. The number of nitrogen functional groups attached to an aromatic ring is 2. The molecular weight excluding hydrogens is 324 g/mol. The van der Waals surface area contributed by atoms with Crippen LogP contribution in [0.3, 0.4) is 0 Å². The predicted molar refractivity (Wildman–Crippen MR) is 81.7 cm³/mol. The maximum absolute atomic E-state index is 8.52. The molecule has 0 bridgehead atoms. The molecule has 0 atom stereocenters. The number of rotatable bonds is 0. The number of anilines is 2. The van der Waals surface area contributed by atoms with E-state index in [0.717, 1.165) is 0 Å². The Labute approximate surface area is 132 Å². The number of hydrogen-bond acceptors (Lipinski definition) is 8. The Kier molecular flexibility index (Phi) is 8.28. The molecule has 0 amide bonds. The van der Waals surface area contributed by atoms with E-state index in [9.17, 15) is 0 Å². The lowest BCUT2D eigenvalue weighted by molar-refractivity contribution is 0.352. The van der Waals surface area contributed by atoms with Crippen LogP contribution in [0.4, 0.5) is 22.7 Å². The molecule has 0 radical (unpaired) electrons. The molecule has 0 heterocycles. The van der Waals surface area contributed by atoms with Gasteiger partial charge < -0.3 is 20.6 Å². The van der Waals surface area contributed by atoms with E-state index in [4.69, 9.17) is 39.8 Å². The first-order valence-electron chi connectivity index (χ1n) is 5.73. The van der Waals surface area contributed by atoms with E-state index in [1.165, 1.54) is 0 Å². The highest BCUT2D eigenvalue weighted by atomic mass is 32.3. The van der Waals surface area contributed by atoms with Gasteiger partial charge in [-0.2, -0.15) is 0 Å². The van der Waals surface area contributed by atoms with Gasteiger partial charge in [0.15, 0.2) is 9.95 Å². The highest BCUT2D eigenvalue weighted by Crippen LogP contribution is 2.13. The number of diazo groups is 2. The molecule has 4 N–H and O–H groups in total. The van der Waals surface area contributed by atoms with Crippen LogP contribution < -0.4 is 11.5 Å². The molecule has 0 saturated carbocycles. The lowest BCUT2D eigenvalue weighted by Gasteiger charge is -2.06. The van der Waals surface area contributed by atoms with Gasteiger partial charge in [0.1, 0.15) is 0 Å². The molecule has 0 aliphatic heterocycles. The van der Waals surface area contributed by atoms with Crippen molar-refractivity contribution in [1.29, 1.82) is 10.8 Å². The smallest absolute Gasteiger partial charge is 0.385 e. The molecular formula is C12H12N6O4S. The van der Waals surface area contributed by atoms with Crippen LogP contribution in [0, 0.1) is 10.8 Å². The van der Waals surface area contributed by atoms with Crippen molar-refractivity contribution in [3.05, 3.63) is 58.5 Å². The van der Waals surface area contributed by atoms with Crippen molar-refractivity contribution in [2.45, 2.75) is 0 Å². The van der Waals surface area contributed by atoms with Crippen LogP contribution in [-0.4, -0.2) is 17.5 Å². The summed E-state index contributed by atoms with van der Waals surface area (Å²) in [5.74, 6) is 0. The highest BCUT2D eigenvalue weighted by Gasteiger charge is 1.99. The first kappa shape index (κ1) is 19.8. The van der Waals surface area contributed by atoms with Crippen LogP contribution >= 0.6 is 0 Å². The molecule has 0 fully saturated rings. The molecule has 0 spiro atoms. The summed E-state index contributed by atoms with van der Waals surface area (Å²) in [5.41, 5.74) is 13.1. The summed E-state index contributed by atoms with van der Waals surface area (Å²) in [4.78, 5) is 5.91. The van der Waals surface area contributed by atoms with Crippen molar-refractivity contribution in [3.8, 4) is 0 Å². The summed E-state index contributed by atoms with van der Waals surface area (Å²) in [6.45, 7) is 0. The third-order valence-corrected chi connectivity index (χ3v) is 2.02. The molecule has 2 aromatic rings. The van der Waals surface area contributed by atoms with Gasteiger partial charge in [-0.1, -0.05) is 0 Å². The molecule has 0 aromatic heterocycles. The highest BCUT2D eigenvalue weighted by molar-refractivity contribution is 7.79. The zero-order chi connectivity index (χ0) is 17.9. The minimum absolute atomic E-state index is 0.518. The standard InChI is InChI=1S/2C6H6N3.H2O4S/c2*7-5-1-3-6(9-8)4-2-5;1-5(2,3)4/h2*1-4H,7H2;(H2,1,2,3,4)/q2*+1;/p-2. The van der Waals surface area contributed by atoms with Crippen LogP contribution in [0.25, 0.3) is 9.95 Å². The SMILES string of the molecule is N#[N+]c1ccc(N)cc1.N#[N+]c1ccc(N)cc1.O=S(=O)([O-])[O-]. The topological polar surface area (TPSA) is 189 Å². The van der Waals surface area contributed by atoms with E-state index in [1.54, 1.807) is 48.5 Å². The monoisotopic (exact) mass is 336 g/mol. The van der Waals surface area contributed by atoms with Crippen molar-refractivity contribution in [2.24, 2.45) is 0 Å². The fourth-order valence-electron chi connectivity index (χ4n) is 1.08. The van der Waals surface area contributed by atoms with Crippen molar-refractivity contribution in [2.75, 3.05) is 11.5 Å². The van der Waals surface area contributed by atoms with Gasteiger partial charge in [0.05, 0.1) is 0 Å². The zero-order valence-electron chi connectivity index (χ0n) is 11.6. The van der Waals surface area contributed by atoms with Gasteiger partial charge in [0, 0.05) is 46.0 Å². The van der Waals surface area contributed by atoms with Gasteiger partial charge in [-0.05, 0) is 24.3 Å². The van der Waals surface area contributed by atoms with Crippen LogP contribution in [0.2, 0.25) is 0 Å². The van der Waals surface area contributed by atoms with Crippen molar-refractivity contribution in [3.63, 3.8) is 0 Å². The fourth-order valence-corrected chi connectivity index (χ4v) is 1.08. The van der Waals surface area contributed by atoms with Gasteiger partial charge in [-0.25, -0.2) is 0 Å². The van der Waals surface area contributed by atoms with Gasteiger partial charge in [0.2, 0.25) is 10.8 Å². The first-order chi connectivity index (χ1) is 10.7. The van der Waals surface area contributed by atoms with Crippen molar-refractivity contribution >= 4 is 33.1 Å². The lowest BCUT2D eigenvalue weighted by atomic mass is 10.3. The Balaban J connectivity index is 0.000000332. The van der Waals surface area contributed by atoms with E-state index >= 15 is 0 Å². The second-order valence-electron chi connectivity index (χ2n) is 3.79. The van der Waals surface area contributed by atoms with E-state index < -0.39 is 10.4 Å². The average Bonchev–Trinajstić information content (AvgIpc) is 2.48. The molecule has 23 heavy (non-hydrogen) atoms. The van der Waals surface area contributed by atoms with Gasteiger partial charge in [0.25, 0.3) is 0 Å². The van der Waals surface area contributed by atoms with E-state index in [2.05, 4.69) is 9.95 Å². The minimum Gasteiger partial charge on any atom is -0.759 e. The molecule has 10 nitrogen and oxygen atoms in total. The van der Waals surface area contributed by atoms with Gasteiger partial charge in [-0.15, -0.1) is 0 Å². The van der Waals surface area contributed by atoms with Gasteiger partial charge >= 0.3 is 11.4 Å². The van der Waals surface area contributed by atoms with Crippen molar-refractivity contribution < 1.29 is 17.5 Å². The second kappa shape index (κ2) is 9.64. The zero-order valence-corrected chi connectivity index (χ0v) is 12.4. The largest absolute Gasteiger partial charge is 0.759 e. The lowest BCUT2D eigenvalue weighted by Crippen LogP contribution is -1.91. The maximum Gasteiger partial charge on any atom is 0.385 e. The van der Waals surface area contributed by atoms with Gasteiger partial charge in [-0.3, -0.25) is 8.42 Å². The Morgan fingerprint density at radius 2 is 0.957 bits per heavy atom. The number of hydrogen-bond donors (Lipinski definition) is 2. The van der Waals surface area contributed by atoms with E-state index in [0.29, 0.717) is 22.7 Å². The summed E-state index contributed by atoms with van der Waals surface area (Å²) in [6, 6.07) is 13.2. The van der Waals surface area contributed by atoms with Crippen LogP contribution in [0.5, 0.6) is 0 Å². The first-order valence-corrected chi connectivity index (χ1v) is 7.07. The Morgan fingerprint density at radius 3 is 1.13 bits per heavy atom. The van der Waals surface area contributed by atoms with Crippen molar-refractivity contribution in [1.82, 2.24) is 0 Å². The number of benzene rings is 2. The predicted octanol–water partition coefficient (Wildman–Crippen LogP) is 2.17. The third-order valence-electron chi connectivity index (χ3n) is 2.02. The van der Waals surface area contributed by atoms with E-state index in [-0.39, 0.29) is 0 Å². The Morgan fingerprint density at radius 1 is 0.739 bits per heavy atom. The number of nitrogens with two attached hydrogens (primary N) is 2. The van der Waals surface area contributed by atoms with Crippen LogP contribution in [0.1, 0.15) is 0 Å².